The molecule has 3 nitrogen and oxygen atoms in total. The van der Waals surface area contributed by atoms with Crippen molar-refractivity contribution >= 4 is 0 Å². The molecule has 0 radical (unpaired) electrons. The number of piperidine rings is 1. The van der Waals surface area contributed by atoms with Gasteiger partial charge in [0.15, 0.2) is 0 Å². The Kier molecular flexibility index (Phi) is 6.04. The molecular weight excluding hydrogens is 246 g/mol. The van der Waals surface area contributed by atoms with Crippen molar-refractivity contribution < 1.29 is 0 Å². The average Bonchev–Trinajstić information content (AvgIpc) is 2.50. The minimum Gasteiger partial charge on any atom is -0.315 e. The lowest BCUT2D eigenvalue weighted by molar-refractivity contribution is 0.137. The zero-order valence-corrected chi connectivity index (χ0v) is 12.4. The van der Waals surface area contributed by atoms with Crippen molar-refractivity contribution in [3.63, 3.8) is 0 Å². The van der Waals surface area contributed by atoms with Gasteiger partial charge >= 0.3 is 0 Å². The molecule has 1 aromatic carbocycles. The summed E-state index contributed by atoms with van der Waals surface area (Å²) in [6.45, 7) is 6.43. The first kappa shape index (κ1) is 15.0. The molecule has 1 atom stereocenters. The van der Waals surface area contributed by atoms with Crippen molar-refractivity contribution in [3.8, 4) is 6.07 Å². The molecule has 1 N–H and O–H groups in total. The van der Waals surface area contributed by atoms with Crippen LogP contribution in [0.1, 0.15) is 43.7 Å². The fourth-order valence-corrected chi connectivity index (χ4v) is 2.93. The summed E-state index contributed by atoms with van der Waals surface area (Å²) in [4.78, 5) is 2.54. The van der Waals surface area contributed by atoms with Crippen LogP contribution in [0.3, 0.4) is 0 Å². The summed E-state index contributed by atoms with van der Waals surface area (Å²) in [5.74, 6) is 0. The van der Waals surface area contributed by atoms with Crippen LogP contribution in [0, 0.1) is 11.3 Å². The van der Waals surface area contributed by atoms with Crippen molar-refractivity contribution in [2.45, 2.75) is 45.2 Å². The van der Waals surface area contributed by atoms with Crippen molar-refractivity contribution in [3.05, 3.63) is 35.4 Å². The first-order valence-electron chi connectivity index (χ1n) is 7.78. The Morgan fingerprint density at radius 2 is 2.20 bits per heavy atom. The molecule has 0 saturated carbocycles. The van der Waals surface area contributed by atoms with E-state index in [2.05, 4.69) is 29.3 Å². The summed E-state index contributed by atoms with van der Waals surface area (Å²) >= 11 is 0. The van der Waals surface area contributed by atoms with E-state index in [1.54, 1.807) is 0 Å². The van der Waals surface area contributed by atoms with Gasteiger partial charge in [-0.1, -0.05) is 31.5 Å². The van der Waals surface area contributed by atoms with E-state index in [0.29, 0.717) is 6.04 Å². The Morgan fingerprint density at radius 1 is 1.35 bits per heavy atom. The van der Waals surface area contributed by atoms with Crippen LogP contribution in [0.5, 0.6) is 0 Å². The number of hydrogen-bond acceptors (Lipinski definition) is 3. The molecule has 0 spiro atoms. The molecule has 20 heavy (non-hydrogen) atoms. The van der Waals surface area contributed by atoms with Gasteiger partial charge in [-0.25, -0.2) is 0 Å². The van der Waals surface area contributed by atoms with Crippen LogP contribution in [0.25, 0.3) is 0 Å². The molecule has 1 saturated heterocycles. The van der Waals surface area contributed by atoms with Crippen molar-refractivity contribution in [2.24, 2.45) is 0 Å². The SMILES string of the molecule is CCCNCC1CCCCN1Cc1ccccc1C#N. The maximum absolute atomic E-state index is 9.21. The number of nitriles is 1. The molecular formula is C17H25N3. The molecule has 108 valence electrons. The first-order chi connectivity index (χ1) is 9.85. The molecule has 2 rings (SSSR count). The van der Waals surface area contributed by atoms with E-state index in [9.17, 15) is 5.26 Å². The predicted molar refractivity (Wildman–Crippen MR) is 82.4 cm³/mol. The largest absolute Gasteiger partial charge is 0.315 e. The maximum Gasteiger partial charge on any atom is 0.0995 e. The van der Waals surface area contributed by atoms with Crippen molar-refractivity contribution in [1.29, 1.82) is 5.26 Å². The van der Waals surface area contributed by atoms with Gasteiger partial charge in [0.2, 0.25) is 0 Å². The molecule has 3 heteroatoms. The Balaban J connectivity index is 1.99. The van der Waals surface area contributed by atoms with E-state index < -0.39 is 0 Å². The third-order valence-electron chi connectivity index (χ3n) is 4.07. The van der Waals surface area contributed by atoms with E-state index in [1.165, 1.54) is 25.7 Å². The predicted octanol–water partition coefficient (Wildman–Crippen LogP) is 2.91. The third kappa shape index (κ3) is 4.06. The maximum atomic E-state index is 9.21. The quantitative estimate of drug-likeness (QED) is 0.809. The standard InChI is InChI=1S/C17H25N3/c1-2-10-19-13-17-9-5-6-11-20(17)14-16-8-4-3-7-15(16)12-18/h3-4,7-8,17,19H,2,5-6,9-11,13-14H2,1H3. The second kappa shape index (κ2) is 8.04. The molecule has 0 bridgehead atoms. The first-order valence-corrected chi connectivity index (χ1v) is 7.78. The van der Waals surface area contributed by atoms with Gasteiger partial charge in [-0.05, 0) is 44.0 Å². The van der Waals surface area contributed by atoms with Gasteiger partial charge in [-0.15, -0.1) is 0 Å². The van der Waals surface area contributed by atoms with Gasteiger partial charge in [-0.3, -0.25) is 4.90 Å². The number of hydrogen-bond donors (Lipinski definition) is 1. The van der Waals surface area contributed by atoms with Gasteiger partial charge in [0.1, 0.15) is 0 Å². The molecule has 0 amide bonds. The van der Waals surface area contributed by atoms with Crippen molar-refractivity contribution in [2.75, 3.05) is 19.6 Å². The molecule has 1 aromatic rings. The highest BCUT2D eigenvalue weighted by molar-refractivity contribution is 5.37. The van der Waals surface area contributed by atoms with Crippen molar-refractivity contribution in [1.82, 2.24) is 10.2 Å². The lowest BCUT2D eigenvalue weighted by atomic mass is 10.00. The van der Waals surface area contributed by atoms with Crippen LogP contribution in [0.2, 0.25) is 0 Å². The van der Waals surface area contributed by atoms with E-state index in [1.807, 2.05) is 18.2 Å². The fourth-order valence-electron chi connectivity index (χ4n) is 2.93. The Hall–Kier alpha value is -1.37. The lowest BCUT2D eigenvalue weighted by Crippen LogP contribution is -2.45. The minimum atomic E-state index is 0.613. The highest BCUT2D eigenvalue weighted by Gasteiger charge is 2.22. The van der Waals surface area contributed by atoms with Crippen LogP contribution >= 0.6 is 0 Å². The summed E-state index contributed by atoms with van der Waals surface area (Å²) < 4.78 is 0. The monoisotopic (exact) mass is 271 g/mol. The number of nitrogens with one attached hydrogen (secondary N) is 1. The molecule has 1 aliphatic heterocycles. The van der Waals surface area contributed by atoms with E-state index >= 15 is 0 Å². The van der Waals surface area contributed by atoms with Crippen LogP contribution in [-0.4, -0.2) is 30.6 Å². The Bertz CT molecular complexity index is 450. The zero-order valence-electron chi connectivity index (χ0n) is 12.4. The fraction of sp³-hybridized carbons (Fsp3) is 0.588. The third-order valence-corrected chi connectivity index (χ3v) is 4.07. The number of likely N-dealkylation sites (tertiary alicyclic amines) is 1. The number of nitrogens with zero attached hydrogens (tertiary/aromatic N) is 2. The van der Waals surface area contributed by atoms with Gasteiger partial charge < -0.3 is 5.32 Å². The highest BCUT2D eigenvalue weighted by atomic mass is 15.2. The van der Waals surface area contributed by atoms with Gasteiger partial charge in [0.25, 0.3) is 0 Å². The molecule has 1 unspecified atom stereocenters. The van der Waals surface area contributed by atoms with E-state index in [4.69, 9.17) is 0 Å². The van der Waals surface area contributed by atoms with Gasteiger partial charge in [-0.2, -0.15) is 5.26 Å². The van der Waals surface area contributed by atoms with Crippen LogP contribution < -0.4 is 5.32 Å². The summed E-state index contributed by atoms with van der Waals surface area (Å²) in [5.41, 5.74) is 1.98. The van der Waals surface area contributed by atoms with Crippen LogP contribution in [0.15, 0.2) is 24.3 Å². The van der Waals surface area contributed by atoms with Crippen LogP contribution in [-0.2, 0) is 6.54 Å². The summed E-state index contributed by atoms with van der Waals surface area (Å²) in [7, 11) is 0. The number of rotatable bonds is 6. The van der Waals surface area contributed by atoms with E-state index in [0.717, 1.165) is 37.3 Å². The van der Waals surface area contributed by atoms with Gasteiger partial charge in [0, 0.05) is 19.1 Å². The Morgan fingerprint density at radius 3 is 3.00 bits per heavy atom. The minimum absolute atomic E-state index is 0.613. The smallest absolute Gasteiger partial charge is 0.0995 e. The number of benzene rings is 1. The molecule has 1 aliphatic rings. The molecule has 1 fully saturated rings. The highest BCUT2D eigenvalue weighted by Crippen LogP contribution is 2.20. The molecule has 1 heterocycles. The summed E-state index contributed by atoms with van der Waals surface area (Å²) in [6.07, 6.45) is 5.06. The molecule has 0 aliphatic carbocycles. The lowest BCUT2D eigenvalue weighted by Gasteiger charge is -2.36. The summed E-state index contributed by atoms with van der Waals surface area (Å²) in [5, 5.41) is 12.7. The topological polar surface area (TPSA) is 39.1 Å². The summed E-state index contributed by atoms with van der Waals surface area (Å²) in [6, 6.07) is 10.9. The zero-order chi connectivity index (χ0) is 14.2. The van der Waals surface area contributed by atoms with Crippen LogP contribution in [0.4, 0.5) is 0 Å². The second-order valence-corrected chi connectivity index (χ2v) is 5.59. The normalized spacial score (nSPS) is 19.7. The van der Waals surface area contributed by atoms with E-state index in [-0.39, 0.29) is 0 Å². The second-order valence-electron chi connectivity index (χ2n) is 5.59. The average molecular weight is 271 g/mol. The Labute approximate surface area is 122 Å². The molecule has 0 aromatic heterocycles. The van der Waals surface area contributed by atoms with Gasteiger partial charge in [0.05, 0.1) is 11.6 Å².